The van der Waals surface area contributed by atoms with Crippen LogP contribution in [0.4, 0.5) is 0 Å². The zero-order valence-electron chi connectivity index (χ0n) is 21.0. The van der Waals surface area contributed by atoms with Gasteiger partial charge in [0.2, 0.25) is 6.29 Å². The highest BCUT2D eigenvalue weighted by Gasteiger charge is 2.44. The highest BCUT2D eigenvalue weighted by Crippen LogP contribution is 2.34. The number of aliphatic hydroxyl groups is 7. The molecule has 210 valence electrons. The molecule has 1 fully saturated rings. The molecule has 3 rings (SSSR count). The molecule has 0 bridgehead atoms. The number of ether oxygens (including phenoxy) is 5. The van der Waals surface area contributed by atoms with Crippen molar-refractivity contribution in [2.45, 2.75) is 42.9 Å². The van der Waals surface area contributed by atoms with E-state index >= 15 is 0 Å². The first-order valence-corrected chi connectivity index (χ1v) is 11.8. The summed E-state index contributed by atoms with van der Waals surface area (Å²) in [5, 5.41) is 69.7. The molecule has 12 heteroatoms. The number of hydrogen-bond donors (Lipinski definition) is 7. The topological polar surface area (TPSA) is 188 Å². The van der Waals surface area contributed by atoms with Crippen LogP contribution in [0.3, 0.4) is 0 Å². The molecule has 0 aromatic heterocycles. The lowest BCUT2D eigenvalue weighted by Gasteiger charge is -2.39. The third kappa shape index (κ3) is 6.92. The molecule has 0 amide bonds. The van der Waals surface area contributed by atoms with E-state index in [9.17, 15) is 30.6 Å². The van der Waals surface area contributed by atoms with Crippen LogP contribution >= 0.6 is 0 Å². The fraction of sp³-hybridized carbons (Fsp3) is 0.462. The van der Waals surface area contributed by atoms with E-state index in [1.165, 1.54) is 32.4 Å². The van der Waals surface area contributed by atoms with Crippen LogP contribution in [0, 0.1) is 0 Å². The summed E-state index contributed by atoms with van der Waals surface area (Å²) in [6, 6.07) is 9.32. The van der Waals surface area contributed by atoms with Crippen molar-refractivity contribution in [3.8, 4) is 23.0 Å². The first-order chi connectivity index (χ1) is 18.3. The van der Waals surface area contributed by atoms with E-state index in [1.54, 1.807) is 30.4 Å². The van der Waals surface area contributed by atoms with Crippen LogP contribution < -0.4 is 18.9 Å². The summed E-state index contributed by atoms with van der Waals surface area (Å²) in [7, 11) is 2.83. The van der Waals surface area contributed by atoms with Gasteiger partial charge in [-0.1, -0.05) is 18.2 Å². The van der Waals surface area contributed by atoms with Gasteiger partial charge in [-0.25, -0.2) is 0 Å². The van der Waals surface area contributed by atoms with Crippen molar-refractivity contribution < 1.29 is 59.4 Å². The Hall–Kier alpha value is -2.94. The lowest BCUT2D eigenvalue weighted by molar-refractivity contribution is -0.277. The van der Waals surface area contributed by atoms with Gasteiger partial charge in [0.05, 0.1) is 34.0 Å². The first-order valence-electron chi connectivity index (χ1n) is 11.8. The quantitative estimate of drug-likeness (QED) is 0.181. The van der Waals surface area contributed by atoms with E-state index in [0.717, 1.165) is 5.56 Å². The SMILES string of the molecule is COc1cc(O[C@@H]2O[C@H](CO)[C@@H](O)[C@H](O)[C@H]2O)cc([C@H](O)[C@H](CO)Oc2ccc(C=CCO)cc2OC)c1. The summed E-state index contributed by atoms with van der Waals surface area (Å²) in [4.78, 5) is 0. The van der Waals surface area contributed by atoms with Gasteiger partial charge in [-0.05, 0) is 35.4 Å². The zero-order chi connectivity index (χ0) is 27.8. The Morgan fingerprint density at radius 1 is 0.895 bits per heavy atom. The van der Waals surface area contributed by atoms with Crippen molar-refractivity contribution in [3.63, 3.8) is 0 Å². The van der Waals surface area contributed by atoms with Gasteiger partial charge in [0.15, 0.2) is 17.6 Å². The molecule has 0 spiro atoms. The van der Waals surface area contributed by atoms with Crippen molar-refractivity contribution >= 4 is 6.08 Å². The van der Waals surface area contributed by atoms with Crippen LogP contribution in [-0.4, -0.2) is 107 Å². The monoisotopic (exact) mass is 538 g/mol. The second-order valence-electron chi connectivity index (χ2n) is 8.54. The lowest BCUT2D eigenvalue weighted by atomic mass is 9.99. The summed E-state index contributed by atoms with van der Waals surface area (Å²) in [6.45, 7) is -1.32. The minimum absolute atomic E-state index is 0.0667. The fourth-order valence-electron chi connectivity index (χ4n) is 3.90. The highest BCUT2D eigenvalue weighted by atomic mass is 16.7. The van der Waals surface area contributed by atoms with Crippen molar-refractivity contribution in [3.05, 3.63) is 53.6 Å². The molecular formula is C26H34O12. The molecule has 7 atom stereocenters. The second kappa shape index (κ2) is 13.7. The third-order valence-corrected chi connectivity index (χ3v) is 5.99. The Morgan fingerprint density at radius 2 is 1.63 bits per heavy atom. The smallest absolute Gasteiger partial charge is 0.229 e. The second-order valence-corrected chi connectivity index (χ2v) is 8.54. The first kappa shape index (κ1) is 29.6. The predicted octanol–water partition coefficient (Wildman–Crippen LogP) is -0.639. The van der Waals surface area contributed by atoms with E-state index in [4.69, 9.17) is 28.8 Å². The average Bonchev–Trinajstić information content (AvgIpc) is 2.94. The molecule has 0 saturated carbocycles. The summed E-state index contributed by atoms with van der Waals surface area (Å²) in [5.74, 6) is 0.924. The minimum atomic E-state index is -1.64. The van der Waals surface area contributed by atoms with Crippen LogP contribution in [0.25, 0.3) is 6.08 Å². The minimum Gasteiger partial charge on any atom is -0.497 e. The molecular weight excluding hydrogens is 504 g/mol. The van der Waals surface area contributed by atoms with Crippen LogP contribution in [0.5, 0.6) is 23.0 Å². The van der Waals surface area contributed by atoms with Crippen LogP contribution in [0.2, 0.25) is 0 Å². The summed E-state index contributed by atoms with van der Waals surface area (Å²) < 4.78 is 27.6. The zero-order valence-corrected chi connectivity index (χ0v) is 21.0. The molecule has 1 heterocycles. The molecule has 1 aliphatic rings. The van der Waals surface area contributed by atoms with Crippen molar-refractivity contribution in [2.75, 3.05) is 34.0 Å². The van der Waals surface area contributed by atoms with Crippen molar-refractivity contribution in [1.29, 1.82) is 0 Å². The van der Waals surface area contributed by atoms with Crippen LogP contribution in [0.1, 0.15) is 17.2 Å². The Morgan fingerprint density at radius 3 is 2.26 bits per heavy atom. The fourth-order valence-corrected chi connectivity index (χ4v) is 3.90. The van der Waals surface area contributed by atoms with E-state index in [0.29, 0.717) is 5.75 Å². The Labute approximate surface area is 219 Å². The largest absolute Gasteiger partial charge is 0.497 e. The maximum absolute atomic E-state index is 11.1. The third-order valence-electron chi connectivity index (χ3n) is 5.99. The molecule has 7 N–H and O–H groups in total. The summed E-state index contributed by atoms with van der Waals surface area (Å²) >= 11 is 0. The van der Waals surface area contributed by atoms with Crippen molar-refractivity contribution in [1.82, 2.24) is 0 Å². The number of benzene rings is 2. The Bertz CT molecular complexity index is 1060. The normalized spacial score (nSPS) is 25.1. The molecule has 1 saturated heterocycles. The van der Waals surface area contributed by atoms with Gasteiger partial charge in [0.1, 0.15) is 42.0 Å². The summed E-state index contributed by atoms with van der Waals surface area (Å²) in [6.07, 6.45) is -6.70. The maximum atomic E-state index is 11.1. The van der Waals surface area contributed by atoms with Crippen LogP contribution in [0.15, 0.2) is 42.5 Å². The Balaban J connectivity index is 1.83. The number of rotatable bonds is 12. The van der Waals surface area contributed by atoms with Gasteiger partial charge in [0.25, 0.3) is 0 Å². The molecule has 38 heavy (non-hydrogen) atoms. The van der Waals surface area contributed by atoms with Gasteiger partial charge >= 0.3 is 0 Å². The molecule has 1 aliphatic heterocycles. The standard InChI is InChI=1S/C26H34O12/c1-34-16-9-15(10-17(11-16)36-26-25(33)24(32)23(31)21(13-29)38-26)22(30)20(12-28)37-18-6-5-14(4-3-7-27)8-19(18)35-2/h3-6,8-11,20-33H,7,12-13H2,1-2H3/t20-,21+,22-,23+,24-,25+,26+/m0/s1. The average molecular weight is 539 g/mol. The lowest BCUT2D eigenvalue weighted by Crippen LogP contribution is -2.60. The molecule has 0 unspecified atom stereocenters. The van der Waals surface area contributed by atoms with Gasteiger partial charge < -0.3 is 59.4 Å². The van der Waals surface area contributed by atoms with E-state index in [2.05, 4.69) is 0 Å². The number of aliphatic hydroxyl groups excluding tert-OH is 7. The highest BCUT2D eigenvalue weighted by molar-refractivity contribution is 5.56. The van der Waals surface area contributed by atoms with Crippen molar-refractivity contribution in [2.24, 2.45) is 0 Å². The molecule has 0 radical (unpaired) electrons. The van der Waals surface area contributed by atoms with Gasteiger partial charge in [-0.15, -0.1) is 0 Å². The van der Waals surface area contributed by atoms with E-state index < -0.39 is 56.1 Å². The molecule has 2 aromatic carbocycles. The van der Waals surface area contributed by atoms with Gasteiger partial charge in [-0.2, -0.15) is 0 Å². The van der Waals surface area contributed by atoms with E-state index in [1.807, 2.05) is 0 Å². The van der Waals surface area contributed by atoms with E-state index in [-0.39, 0.29) is 29.4 Å². The predicted molar refractivity (Wildman–Crippen MR) is 133 cm³/mol. The Kier molecular flexibility index (Phi) is 10.7. The maximum Gasteiger partial charge on any atom is 0.229 e. The molecule has 12 nitrogen and oxygen atoms in total. The number of methoxy groups -OCH3 is 2. The van der Waals surface area contributed by atoms with Gasteiger partial charge in [0, 0.05) is 6.07 Å². The summed E-state index contributed by atoms with van der Waals surface area (Å²) in [5.41, 5.74) is 0.969. The molecule has 2 aromatic rings. The van der Waals surface area contributed by atoms with Crippen LogP contribution in [-0.2, 0) is 4.74 Å². The molecule has 0 aliphatic carbocycles. The number of hydrogen-bond acceptors (Lipinski definition) is 12. The van der Waals surface area contributed by atoms with Gasteiger partial charge in [-0.3, -0.25) is 0 Å².